The standard InChI is InChI=1S/C30H34Cl2N2O3/c1-4-5-16-33-30(36)27(17-23-11-7-6-8-12-23)34(19-24-14-15-25(31)18-26(24)32)29(35)20-37-28-13-9-10-21(2)22(28)3/h6-15,18,27H,4-5,16-17,19-20H2,1-3H3,(H,33,36)/t27-/m1/s1. The Kier molecular flexibility index (Phi) is 10.8. The summed E-state index contributed by atoms with van der Waals surface area (Å²) in [5.74, 6) is 0.130. The molecule has 5 nitrogen and oxygen atoms in total. The first kappa shape index (κ1) is 28.5. The van der Waals surface area contributed by atoms with Crippen LogP contribution in [0.25, 0.3) is 0 Å². The number of rotatable bonds is 12. The van der Waals surface area contributed by atoms with E-state index in [1.807, 2.05) is 62.4 Å². The van der Waals surface area contributed by atoms with Gasteiger partial charge in [-0.05, 0) is 60.7 Å². The lowest BCUT2D eigenvalue weighted by Gasteiger charge is -2.32. The predicted molar refractivity (Wildman–Crippen MR) is 150 cm³/mol. The summed E-state index contributed by atoms with van der Waals surface area (Å²) in [5, 5.41) is 3.95. The van der Waals surface area contributed by atoms with Crippen molar-refractivity contribution in [3.63, 3.8) is 0 Å². The van der Waals surface area contributed by atoms with Crippen molar-refractivity contribution < 1.29 is 14.3 Å². The topological polar surface area (TPSA) is 58.6 Å². The van der Waals surface area contributed by atoms with Gasteiger partial charge in [0.15, 0.2) is 6.61 Å². The molecule has 0 radical (unpaired) electrons. The second kappa shape index (κ2) is 14.1. The Balaban J connectivity index is 1.93. The highest BCUT2D eigenvalue weighted by molar-refractivity contribution is 6.35. The summed E-state index contributed by atoms with van der Waals surface area (Å²) in [6, 6.07) is 19.8. The number of unbranched alkanes of at least 4 members (excludes halogenated alkanes) is 1. The molecule has 0 heterocycles. The maximum atomic E-state index is 13.7. The van der Waals surface area contributed by atoms with Crippen LogP contribution in [0.3, 0.4) is 0 Å². The fraction of sp³-hybridized carbons (Fsp3) is 0.333. The van der Waals surface area contributed by atoms with Gasteiger partial charge < -0.3 is 15.0 Å². The van der Waals surface area contributed by atoms with E-state index in [4.69, 9.17) is 27.9 Å². The first-order chi connectivity index (χ1) is 17.8. The number of nitrogens with one attached hydrogen (secondary N) is 1. The lowest BCUT2D eigenvalue weighted by atomic mass is 10.0. The van der Waals surface area contributed by atoms with Gasteiger partial charge in [-0.3, -0.25) is 9.59 Å². The molecular weight excluding hydrogens is 507 g/mol. The first-order valence-corrected chi connectivity index (χ1v) is 13.3. The van der Waals surface area contributed by atoms with E-state index in [2.05, 4.69) is 12.2 Å². The number of benzene rings is 3. The molecule has 1 atom stereocenters. The quantitative estimate of drug-likeness (QED) is 0.265. The van der Waals surface area contributed by atoms with Gasteiger partial charge in [0.1, 0.15) is 11.8 Å². The Bertz CT molecular complexity index is 1200. The van der Waals surface area contributed by atoms with Gasteiger partial charge in [-0.1, -0.05) is 85.1 Å². The number of nitrogens with zero attached hydrogens (tertiary/aromatic N) is 1. The van der Waals surface area contributed by atoms with Gasteiger partial charge >= 0.3 is 0 Å². The summed E-state index contributed by atoms with van der Waals surface area (Å²) in [7, 11) is 0. The fourth-order valence-electron chi connectivity index (χ4n) is 4.00. The minimum absolute atomic E-state index is 0.143. The minimum Gasteiger partial charge on any atom is -0.483 e. The van der Waals surface area contributed by atoms with E-state index in [1.54, 1.807) is 23.1 Å². The molecule has 0 spiro atoms. The normalized spacial score (nSPS) is 11.6. The summed E-state index contributed by atoms with van der Waals surface area (Å²) >= 11 is 12.6. The van der Waals surface area contributed by atoms with Crippen LogP contribution in [0.1, 0.15) is 42.0 Å². The predicted octanol–water partition coefficient (Wildman–Crippen LogP) is 6.55. The summed E-state index contributed by atoms with van der Waals surface area (Å²) in [6.45, 7) is 6.50. The number of halogens is 2. The summed E-state index contributed by atoms with van der Waals surface area (Å²) < 4.78 is 5.95. The zero-order chi connectivity index (χ0) is 26.8. The van der Waals surface area contributed by atoms with Crippen LogP contribution < -0.4 is 10.1 Å². The Labute approximate surface area is 229 Å². The van der Waals surface area contributed by atoms with Crippen LogP contribution in [0.15, 0.2) is 66.7 Å². The van der Waals surface area contributed by atoms with Crippen molar-refractivity contribution in [2.24, 2.45) is 0 Å². The average Bonchev–Trinajstić information content (AvgIpc) is 2.88. The van der Waals surface area contributed by atoms with Gasteiger partial charge in [-0.2, -0.15) is 0 Å². The van der Waals surface area contributed by atoms with Gasteiger partial charge in [-0.15, -0.1) is 0 Å². The van der Waals surface area contributed by atoms with Crippen LogP contribution in [0.4, 0.5) is 0 Å². The molecule has 0 fully saturated rings. The van der Waals surface area contributed by atoms with Crippen LogP contribution in [0.5, 0.6) is 5.75 Å². The smallest absolute Gasteiger partial charge is 0.261 e. The number of ether oxygens (including phenoxy) is 1. The Hall–Kier alpha value is -3.02. The van der Waals surface area contributed by atoms with E-state index in [0.717, 1.165) is 29.5 Å². The molecule has 0 aliphatic carbocycles. The molecule has 0 saturated heterocycles. The van der Waals surface area contributed by atoms with Crippen molar-refractivity contribution in [2.75, 3.05) is 13.2 Å². The third kappa shape index (κ3) is 8.24. The molecule has 0 aliphatic rings. The second-order valence-electron chi connectivity index (χ2n) is 9.09. The van der Waals surface area contributed by atoms with Crippen LogP contribution in [0, 0.1) is 13.8 Å². The number of hydrogen-bond donors (Lipinski definition) is 1. The molecule has 0 aliphatic heterocycles. The molecule has 3 aromatic carbocycles. The molecule has 0 bridgehead atoms. The second-order valence-corrected chi connectivity index (χ2v) is 9.94. The molecule has 196 valence electrons. The third-order valence-electron chi connectivity index (χ3n) is 6.36. The van der Waals surface area contributed by atoms with Crippen molar-refractivity contribution in [3.05, 3.63) is 99.0 Å². The zero-order valence-electron chi connectivity index (χ0n) is 21.6. The number of hydrogen-bond acceptors (Lipinski definition) is 3. The monoisotopic (exact) mass is 540 g/mol. The molecule has 0 aromatic heterocycles. The minimum atomic E-state index is -0.749. The van der Waals surface area contributed by atoms with Crippen LogP contribution in [-0.4, -0.2) is 35.9 Å². The van der Waals surface area contributed by atoms with Gasteiger partial charge in [-0.25, -0.2) is 0 Å². The molecule has 37 heavy (non-hydrogen) atoms. The molecule has 3 rings (SSSR count). The Morgan fingerprint density at radius 1 is 1.00 bits per heavy atom. The maximum absolute atomic E-state index is 13.7. The molecule has 3 aromatic rings. The third-order valence-corrected chi connectivity index (χ3v) is 6.95. The lowest BCUT2D eigenvalue weighted by molar-refractivity contribution is -0.142. The number of amides is 2. The summed E-state index contributed by atoms with van der Waals surface area (Å²) in [4.78, 5) is 28.7. The van der Waals surface area contributed by atoms with Gasteiger partial charge in [0.25, 0.3) is 5.91 Å². The first-order valence-electron chi connectivity index (χ1n) is 12.5. The average molecular weight is 542 g/mol. The highest BCUT2D eigenvalue weighted by Crippen LogP contribution is 2.25. The number of carbonyl (C=O) groups is 2. The van der Waals surface area contributed by atoms with Crippen molar-refractivity contribution >= 4 is 35.0 Å². The van der Waals surface area contributed by atoms with E-state index in [-0.39, 0.29) is 25.0 Å². The number of aryl methyl sites for hydroxylation is 1. The van der Waals surface area contributed by atoms with Gasteiger partial charge in [0.2, 0.25) is 5.91 Å². The lowest BCUT2D eigenvalue weighted by Crippen LogP contribution is -2.51. The highest BCUT2D eigenvalue weighted by atomic mass is 35.5. The van der Waals surface area contributed by atoms with E-state index < -0.39 is 6.04 Å². The van der Waals surface area contributed by atoms with E-state index in [0.29, 0.717) is 34.3 Å². The fourth-order valence-corrected chi connectivity index (χ4v) is 4.46. The van der Waals surface area contributed by atoms with Crippen molar-refractivity contribution in [3.8, 4) is 5.75 Å². The molecule has 2 amide bonds. The van der Waals surface area contributed by atoms with Crippen molar-refractivity contribution in [1.82, 2.24) is 10.2 Å². The van der Waals surface area contributed by atoms with E-state index in [1.165, 1.54) is 0 Å². The van der Waals surface area contributed by atoms with Gasteiger partial charge in [0, 0.05) is 29.6 Å². The Morgan fingerprint density at radius 2 is 1.76 bits per heavy atom. The molecule has 0 unspecified atom stereocenters. The summed E-state index contributed by atoms with van der Waals surface area (Å²) in [6.07, 6.45) is 2.17. The molecular formula is C30H34Cl2N2O3. The van der Waals surface area contributed by atoms with Crippen molar-refractivity contribution in [2.45, 2.75) is 52.6 Å². The van der Waals surface area contributed by atoms with E-state index in [9.17, 15) is 9.59 Å². The molecule has 0 saturated carbocycles. The van der Waals surface area contributed by atoms with Crippen LogP contribution in [0.2, 0.25) is 10.0 Å². The largest absolute Gasteiger partial charge is 0.483 e. The molecule has 7 heteroatoms. The van der Waals surface area contributed by atoms with Crippen molar-refractivity contribution in [1.29, 1.82) is 0 Å². The Morgan fingerprint density at radius 3 is 2.46 bits per heavy atom. The van der Waals surface area contributed by atoms with Crippen LogP contribution >= 0.6 is 23.2 Å². The zero-order valence-corrected chi connectivity index (χ0v) is 23.1. The van der Waals surface area contributed by atoms with Gasteiger partial charge in [0.05, 0.1) is 0 Å². The summed E-state index contributed by atoms with van der Waals surface area (Å²) in [5.41, 5.74) is 3.70. The highest BCUT2D eigenvalue weighted by Gasteiger charge is 2.31. The number of carbonyl (C=O) groups excluding carboxylic acids is 2. The SMILES string of the molecule is CCCCNC(=O)[C@@H](Cc1ccccc1)N(Cc1ccc(Cl)cc1Cl)C(=O)COc1cccc(C)c1C. The van der Waals surface area contributed by atoms with E-state index >= 15 is 0 Å². The van der Waals surface area contributed by atoms with Crippen LogP contribution in [-0.2, 0) is 22.6 Å². The maximum Gasteiger partial charge on any atom is 0.261 e. The molecule has 1 N–H and O–H groups in total.